The van der Waals surface area contributed by atoms with E-state index in [9.17, 15) is 9.59 Å². The molecule has 1 amide bonds. The molecule has 1 aromatic carbocycles. The molecule has 9 heteroatoms. The number of hydrogen-bond donors (Lipinski definition) is 1. The molecule has 8 nitrogen and oxygen atoms in total. The molecular weight excluding hydrogens is 366 g/mol. The van der Waals surface area contributed by atoms with Crippen molar-refractivity contribution in [2.75, 3.05) is 13.2 Å². The smallest absolute Gasteiger partial charge is 0.325 e. The van der Waals surface area contributed by atoms with Crippen LogP contribution >= 0.6 is 11.8 Å². The van der Waals surface area contributed by atoms with Crippen molar-refractivity contribution in [1.82, 2.24) is 24.8 Å². The number of benzene rings is 1. The van der Waals surface area contributed by atoms with Crippen molar-refractivity contribution in [2.24, 2.45) is 0 Å². The predicted molar refractivity (Wildman–Crippen MR) is 101 cm³/mol. The first kappa shape index (κ1) is 18.8. The summed E-state index contributed by atoms with van der Waals surface area (Å²) in [7, 11) is 0. The van der Waals surface area contributed by atoms with Gasteiger partial charge in [0.1, 0.15) is 30.0 Å². The van der Waals surface area contributed by atoms with Crippen LogP contribution in [0.4, 0.5) is 0 Å². The van der Waals surface area contributed by atoms with Crippen LogP contribution in [0.3, 0.4) is 0 Å². The zero-order chi connectivity index (χ0) is 19.1. The molecule has 3 aromatic rings. The lowest BCUT2D eigenvalue weighted by Gasteiger charge is -2.06. The number of amides is 1. The van der Waals surface area contributed by atoms with Gasteiger partial charge in [0.2, 0.25) is 5.91 Å². The molecule has 0 saturated heterocycles. The fourth-order valence-corrected chi connectivity index (χ4v) is 3.30. The fraction of sp³-hybridized carbons (Fsp3) is 0.278. The number of aromatic nitrogens is 4. The molecule has 0 aliphatic heterocycles. The second-order valence-electron chi connectivity index (χ2n) is 5.58. The van der Waals surface area contributed by atoms with Crippen molar-refractivity contribution in [3.63, 3.8) is 0 Å². The van der Waals surface area contributed by atoms with Crippen LogP contribution in [0.25, 0.3) is 11.2 Å². The fourth-order valence-electron chi connectivity index (χ4n) is 2.40. The summed E-state index contributed by atoms with van der Waals surface area (Å²) in [5.41, 5.74) is 2.41. The Bertz CT molecular complexity index is 929. The van der Waals surface area contributed by atoms with Crippen LogP contribution in [0.1, 0.15) is 12.5 Å². The third kappa shape index (κ3) is 5.04. The van der Waals surface area contributed by atoms with E-state index in [0.717, 1.165) is 10.8 Å². The minimum atomic E-state index is -0.469. The minimum absolute atomic E-state index is 0.00963. The first-order valence-electron chi connectivity index (χ1n) is 8.42. The van der Waals surface area contributed by atoms with Crippen LogP contribution in [0.5, 0.6) is 0 Å². The Morgan fingerprint density at radius 2 is 2.00 bits per heavy atom. The first-order valence-corrected chi connectivity index (χ1v) is 9.40. The highest BCUT2D eigenvalue weighted by Crippen LogP contribution is 2.26. The lowest BCUT2D eigenvalue weighted by Crippen LogP contribution is -2.33. The second-order valence-corrected chi connectivity index (χ2v) is 6.54. The monoisotopic (exact) mass is 385 g/mol. The Morgan fingerprint density at radius 1 is 1.19 bits per heavy atom. The maximum Gasteiger partial charge on any atom is 0.325 e. The van der Waals surface area contributed by atoms with Crippen LogP contribution in [-0.4, -0.2) is 44.5 Å². The van der Waals surface area contributed by atoms with Crippen LogP contribution in [0, 0.1) is 0 Å². The maximum absolute atomic E-state index is 12.0. The molecule has 0 saturated carbocycles. The van der Waals surface area contributed by atoms with Gasteiger partial charge in [-0.05, 0) is 12.5 Å². The van der Waals surface area contributed by atoms with Gasteiger partial charge in [-0.25, -0.2) is 15.0 Å². The van der Waals surface area contributed by atoms with Gasteiger partial charge < -0.3 is 14.6 Å². The molecule has 0 bridgehead atoms. The summed E-state index contributed by atoms with van der Waals surface area (Å²) in [5.74, 6) is -0.0254. The average molecular weight is 385 g/mol. The van der Waals surface area contributed by atoms with Crippen LogP contribution < -0.4 is 5.32 Å². The lowest BCUT2D eigenvalue weighted by atomic mass is 10.2. The number of carbonyl (C=O) groups excluding carboxylic acids is 2. The van der Waals surface area contributed by atoms with E-state index in [1.165, 1.54) is 11.9 Å². The summed E-state index contributed by atoms with van der Waals surface area (Å²) in [4.78, 5) is 36.3. The summed E-state index contributed by atoms with van der Waals surface area (Å²) in [6, 6.07) is 10.1. The van der Waals surface area contributed by atoms with Crippen molar-refractivity contribution < 1.29 is 14.3 Å². The van der Waals surface area contributed by atoms with Crippen LogP contribution in [0.15, 0.2) is 48.0 Å². The number of hydrogen-bond acceptors (Lipinski definition) is 7. The topological polar surface area (TPSA) is 99.0 Å². The van der Waals surface area contributed by atoms with Gasteiger partial charge in [-0.1, -0.05) is 42.1 Å². The highest BCUT2D eigenvalue weighted by atomic mass is 32.2. The number of thioether (sulfide) groups is 1. The van der Waals surface area contributed by atoms with Gasteiger partial charge in [-0.2, -0.15) is 0 Å². The van der Waals surface area contributed by atoms with Gasteiger partial charge >= 0.3 is 5.97 Å². The van der Waals surface area contributed by atoms with E-state index >= 15 is 0 Å². The Balaban J connectivity index is 1.66. The lowest BCUT2D eigenvalue weighted by molar-refractivity contribution is -0.143. The molecular formula is C18H19N5O3S. The van der Waals surface area contributed by atoms with Crippen molar-refractivity contribution in [1.29, 1.82) is 0 Å². The predicted octanol–water partition coefficient (Wildman–Crippen LogP) is 1.80. The second kappa shape index (κ2) is 9.13. The molecule has 0 radical (unpaired) electrons. The van der Waals surface area contributed by atoms with Crippen molar-refractivity contribution in [3.8, 4) is 0 Å². The summed E-state index contributed by atoms with van der Waals surface area (Å²) >= 11 is 1.57. The molecule has 0 aliphatic carbocycles. The van der Waals surface area contributed by atoms with Gasteiger partial charge in [0.25, 0.3) is 0 Å². The number of rotatable bonds is 8. The van der Waals surface area contributed by atoms with E-state index in [1.54, 1.807) is 29.6 Å². The first-order chi connectivity index (χ1) is 13.2. The number of imidazole rings is 1. The van der Waals surface area contributed by atoms with E-state index in [4.69, 9.17) is 4.74 Å². The Hall–Kier alpha value is -2.94. The van der Waals surface area contributed by atoms with Gasteiger partial charge in [0.05, 0.1) is 12.9 Å². The van der Waals surface area contributed by atoms with Crippen molar-refractivity contribution in [2.45, 2.75) is 24.2 Å². The normalized spacial score (nSPS) is 10.7. The molecule has 0 spiro atoms. The summed E-state index contributed by atoms with van der Waals surface area (Å²) < 4.78 is 6.41. The van der Waals surface area contributed by atoms with Crippen molar-refractivity contribution in [3.05, 3.63) is 48.5 Å². The number of nitrogens with one attached hydrogen (secondary N) is 1. The zero-order valence-corrected chi connectivity index (χ0v) is 15.6. The molecule has 0 aliphatic rings. The molecule has 1 N–H and O–H groups in total. The summed E-state index contributed by atoms with van der Waals surface area (Å²) in [6.07, 6.45) is 3.01. The van der Waals surface area contributed by atoms with Crippen LogP contribution in [0.2, 0.25) is 0 Å². The Morgan fingerprint density at radius 3 is 2.78 bits per heavy atom. The average Bonchev–Trinajstić information content (AvgIpc) is 3.09. The summed E-state index contributed by atoms with van der Waals surface area (Å²) in [5, 5.41) is 3.28. The molecule has 2 aromatic heterocycles. The molecule has 3 rings (SSSR count). The highest BCUT2D eigenvalue weighted by molar-refractivity contribution is 7.98. The molecule has 0 atom stereocenters. The third-order valence-electron chi connectivity index (χ3n) is 3.64. The summed E-state index contributed by atoms with van der Waals surface area (Å²) in [6.45, 7) is 1.84. The number of carbonyl (C=O) groups is 2. The largest absolute Gasteiger partial charge is 0.465 e. The number of fused-ring (bicyclic) bond motifs is 1. The third-order valence-corrected chi connectivity index (χ3v) is 4.69. The van der Waals surface area contributed by atoms with Gasteiger partial charge in [-0.3, -0.25) is 9.59 Å². The standard InChI is InChI=1S/C18H19N5O3S/c1-2-26-15(25)8-19-14(24)9-23-12-22-16-17(23)20-11-21-18(16)27-10-13-6-4-3-5-7-13/h3-7,11-12H,2,8-10H2,1H3,(H,19,24). The van der Waals surface area contributed by atoms with Crippen molar-refractivity contribution >= 4 is 34.8 Å². The van der Waals surface area contributed by atoms with E-state index in [-0.39, 0.29) is 25.6 Å². The van der Waals surface area contributed by atoms with Crippen LogP contribution in [-0.2, 0) is 26.6 Å². The van der Waals surface area contributed by atoms with E-state index in [1.807, 2.05) is 18.2 Å². The quantitative estimate of drug-likeness (QED) is 0.359. The Labute approximate surface area is 160 Å². The highest BCUT2D eigenvalue weighted by Gasteiger charge is 2.13. The van der Waals surface area contributed by atoms with Gasteiger partial charge in [0.15, 0.2) is 5.65 Å². The number of esters is 1. The SMILES string of the molecule is CCOC(=O)CNC(=O)Cn1cnc2c(SCc3ccccc3)ncnc21. The molecule has 140 valence electrons. The minimum Gasteiger partial charge on any atom is -0.465 e. The molecule has 0 fully saturated rings. The van der Waals surface area contributed by atoms with E-state index < -0.39 is 5.97 Å². The molecule has 27 heavy (non-hydrogen) atoms. The van der Waals surface area contributed by atoms with Gasteiger partial charge in [-0.15, -0.1) is 0 Å². The van der Waals surface area contributed by atoms with Gasteiger partial charge in [0, 0.05) is 5.75 Å². The maximum atomic E-state index is 12.0. The van der Waals surface area contributed by atoms with E-state index in [2.05, 4.69) is 32.4 Å². The van der Waals surface area contributed by atoms with E-state index in [0.29, 0.717) is 11.2 Å². The molecule has 2 heterocycles. The Kier molecular flexibility index (Phi) is 6.37. The molecule has 0 unspecified atom stereocenters. The zero-order valence-electron chi connectivity index (χ0n) is 14.8. The number of nitrogens with zero attached hydrogens (tertiary/aromatic N) is 4. The number of ether oxygens (including phenoxy) is 1.